The Morgan fingerprint density at radius 1 is 1.46 bits per heavy atom. The highest BCUT2D eigenvalue weighted by molar-refractivity contribution is 6.05. The van der Waals surface area contributed by atoms with Crippen molar-refractivity contribution in [2.75, 3.05) is 26.2 Å². The number of aromatic nitrogens is 1. The van der Waals surface area contributed by atoms with E-state index in [1.165, 1.54) is 11.3 Å². The average Bonchev–Trinajstić information content (AvgIpc) is 3.16. The van der Waals surface area contributed by atoms with Gasteiger partial charge in [0.2, 0.25) is 0 Å². The lowest BCUT2D eigenvalue weighted by Gasteiger charge is -2.22. The number of likely N-dealkylation sites (tertiary alicyclic amines) is 1. The predicted molar refractivity (Wildman–Crippen MR) is 96.1 cm³/mol. The third-order valence-corrected chi connectivity index (χ3v) is 4.66. The first-order valence-corrected chi connectivity index (χ1v) is 8.50. The maximum Gasteiger partial charge on any atom is 0.276 e. The van der Waals surface area contributed by atoms with Crippen molar-refractivity contribution in [1.29, 1.82) is 5.41 Å². The van der Waals surface area contributed by atoms with Crippen molar-refractivity contribution in [2.45, 2.75) is 19.8 Å². The number of carbonyl (C=O) groups excluding carboxylic acids is 1. The summed E-state index contributed by atoms with van der Waals surface area (Å²) in [5, 5.41) is 8.72. The van der Waals surface area contributed by atoms with Crippen molar-refractivity contribution in [3.63, 3.8) is 0 Å². The van der Waals surface area contributed by atoms with Crippen molar-refractivity contribution in [3.8, 4) is 0 Å². The van der Waals surface area contributed by atoms with Crippen LogP contribution < -0.4 is 5.73 Å². The Labute approximate surface area is 142 Å². The molecule has 128 valence electrons. The number of nitrogens with two attached hydrogens (primary N) is 1. The Bertz CT molecular complexity index is 705. The summed E-state index contributed by atoms with van der Waals surface area (Å²) in [6.07, 6.45) is 2.06. The molecule has 4 N–H and O–H groups in total. The van der Waals surface area contributed by atoms with Crippen LogP contribution in [-0.2, 0) is 0 Å². The second-order valence-electron chi connectivity index (χ2n) is 6.66. The molecule has 1 saturated heterocycles. The Kier molecular flexibility index (Phi) is 4.85. The maximum atomic E-state index is 12.7. The number of nitrogens with one attached hydrogen (secondary N) is 2. The number of aromatic amines is 1. The molecule has 1 atom stereocenters. The molecule has 1 unspecified atom stereocenters. The van der Waals surface area contributed by atoms with Crippen molar-refractivity contribution < 1.29 is 4.79 Å². The summed E-state index contributed by atoms with van der Waals surface area (Å²) in [7, 11) is 0. The number of fused-ring (bicyclic) bond motifs is 1. The lowest BCUT2D eigenvalue weighted by atomic mass is 10.2. The monoisotopic (exact) mass is 327 g/mol. The molecule has 2 heterocycles. The van der Waals surface area contributed by atoms with Gasteiger partial charge in [0, 0.05) is 24.0 Å². The van der Waals surface area contributed by atoms with Gasteiger partial charge in [-0.05, 0) is 44.0 Å². The minimum Gasteiger partial charge on any atom is -0.370 e. The molecule has 0 bridgehead atoms. The van der Waals surface area contributed by atoms with Gasteiger partial charge >= 0.3 is 0 Å². The molecule has 1 aromatic heterocycles. The van der Waals surface area contributed by atoms with Gasteiger partial charge in [0.05, 0.1) is 0 Å². The van der Waals surface area contributed by atoms with Gasteiger partial charge in [-0.1, -0.05) is 25.1 Å². The largest absolute Gasteiger partial charge is 0.370 e. The smallest absolute Gasteiger partial charge is 0.276 e. The summed E-state index contributed by atoms with van der Waals surface area (Å²) in [4.78, 5) is 19.6. The van der Waals surface area contributed by atoms with Crippen LogP contribution in [0.15, 0.2) is 30.3 Å². The lowest BCUT2D eigenvalue weighted by molar-refractivity contribution is 0.0836. The van der Waals surface area contributed by atoms with Crippen molar-refractivity contribution in [3.05, 3.63) is 36.0 Å². The Morgan fingerprint density at radius 3 is 2.92 bits per heavy atom. The zero-order valence-corrected chi connectivity index (χ0v) is 14.1. The summed E-state index contributed by atoms with van der Waals surface area (Å²) in [6, 6.07) is 9.56. The van der Waals surface area contributed by atoms with E-state index in [2.05, 4.69) is 16.8 Å². The first kappa shape index (κ1) is 16.5. The van der Waals surface area contributed by atoms with Gasteiger partial charge in [-0.3, -0.25) is 15.1 Å². The van der Waals surface area contributed by atoms with E-state index in [1.54, 1.807) is 0 Å². The van der Waals surface area contributed by atoms with E-state index < -0.39 is 0 Å². The minimum atomic E-state index is -0.242. The zero-order valence-electron chi connectivity index (χ0n) is 14.1. The molecule has 1 aromatic carbocycles. The molecule has 1 aliphatic heterocycles. The van der Waals surface area contributed by atoms with Crippen LogP contribution in [0, 0.1) is 11.3 Å². The molecule has 1 amide bonds. The Balaban J connectivity index is 1.63. The second kappa shape index (κ2) is 7.05. The minimum absolute atomic E-state index is 0.201. The molecule has 0 saturated carbocycles. The summed E-state index contributed by atoms with van der Waals surface area (Å²) in [6.45, 7) is 5.91. The van der Waals surface area contributed by atoms with Gasteiger partial charge in [0.25, 0.3) is 5.91 Å². The van der Waals surface area contributed by atoms with Crippen LogP contribution >= 0.6 is 0 Å². The van der Waals surface area contributed by atoms with E-state index in [1.807, 2.05) is 30.3 Å². The highest BCUT2D eigenvalue weighted by Crippen LogP contribution is 2.17. The SMILES string of the molecule is CC1CCN(CCCN(C(=N)N)C(=O)c2cc3ccccc3[nH]2)C1. The summed E-state index contributed by atoms with van der Waals surface area (Å²) in [5.74, 6) is 0.309. The number of carbonyl (C=O) groups is 1. The van der Waals surface area contributed by atoms with Crippen molar-refractivity contribution >= 4 is 22.8 Å². The maximum absolute atomic E-state index is 12.7. The third kappa shape index (κ3) is 3.59. The fourth-order valence-electron chi connectivity index (χ4n) is 3.35. The molecule has 6 heteroatoms. The molecule has 0 spiro atoms. The van der Waals surface area contributed by atoms with E-state index in [0.717, 1.165) is 42.9 Å². The number of hydrogen-bond donors (Lipinski definition) is 3. The molecule has 2 aromatic rings. The van der Waals surface area contributed by atoms with Crippen LogP contribution in [0.4, 0.5) is 0 Å². The molecule has 0 radical (unpaired) electrons. The number of nitrogens with zero attached hydrogens (tertiary/aromatic N) is 2. The normalized spacial score (nSPS) is 18.1. The highest BCUT2D eigenvalue weighted by Gasteiger charge is 2.22. The molecule has 24 heavy (non-hydrogen) atoms. The first-order chi connectivity index (χ1) is 11.5. The van der Waals surface area contributed by atoms with Gasteiger partial charge in [-0.25, -0.2) is 0 Å². The summed E-state index contributed by atoms with van der Waals surface area (Å²) >= 11 is 0. The molecule has 0 aliphatic carbocycles. The second-order valence-corrected chi connectivity index (χ2v) is 6.66. The molecular weight excluding hydrogens is 302 g/mol. The van der Waals surface area contributed by atoms with E-state index in [0.29, 0.717) is 12.2 Å². The average molecular weight is 327 g/mol. The molecular formula is C18H25N5O. The van der Waals surface area contributed by atoms with Crippen LogP contribution in [0.1, 0.15) is 30.3 Å². The summed E-state index contributed by atoms with van der Waals surface area (Å²) in [5.41, 5.74) is 7.03. The number of amides is 1. The predicted octanol–water partition coefficient (Wildman–Crippen LogP) is 2.24. The van der Waals surface area contributed by atoms with Gasteiger partial charge in [-0.2, -0.15) is 0 Å². The van der Waals surface area contributed by atoms with Crippen molar-refractivity contribution in [1.82, 2.24) is 14.8 Å². The lowest BCUT2D eigenvalue weighted by Crippen LogP contribution is -2.42. The third-order valence-electron chi connectivity index (χ3n) is 4.66. The topological polar surface area (TPSA) is 89.2 Å². The van der Waals surface area contributed by atoms with Gasteiger partial charge in [-0.15, -0.1) is 0 Å². The molecule has 1 aliphatic rings. The number of hydrogen-bond acceptors (Lipinski definition) is 3. The van der Waals surface area contributed by atoms with E-state index in [-0.39, 0.29) is 11.9 Å². The number of H-pyrrole nitrogens is 1. The first-order valence-electron chi connectivity index (χ1n) is 8.50. The number of benzene rings is 1. The zero-order chi connectivity index (χ0) is 17.1. The van der Waals surface area contributed by atoms with Crippen LogP contribution in [0.5, 0.6) is 0 Å². The van der Waals surface area contributed by atoms with Gasteiger partial charge in [0.15, 0.2) is 5.96 Å². The van der Waals surface area contributed by atoms with E-state index >= 15 is 0 Å². The van der Waals surface area contributed by atoms with Crippen LogP contribution in [0.25, 0.3) is 10.9 Å². The fourth-order valence-corrected chi connectivity index (χ4v) is 3.35. The van der Waals surface area contributed by atoms with Crippen LogP contribution in [0.3, 0.4) is 0 Å². The number of rotatable bonds is 5. The van der Waals surface area contributed by atoms with Crippen LogP contribution in [-0.4, -0.2) is 52.8 Å². The number of guanidine groups is 1. The van der Waals surface area contributed by atoms with Crippen LogP contribution in [0.2, 0.25) is 0 Å². The number of para-hydroxylation sites is 1. The Morgan fingerprint density at radius 2 is 2.25 bits per heavy atom. The fraction of sp³-hybridized carbons (Fsp3) is 0.444. The summed E-state index contributed by atoms with van der Waals surface area (Å²) < 4.78 is 0. The highest BCUT2D eigenvalue weighted by atomic mass is 16.2. The van der Waals surface area contributed by atoms with E-state index in [9.17, 15) is 4.79 Å². The molecule has 6 nitrogen and oxygen atoms in total. The molecule has 1 fully saturated rings. The quantitative estimate of drug-likeness (QED) is 0.581. The molecule has 3 rings (SSSR count). The van der Waals surface area contributed by atoms with Gasteiger partial charge < -0.3 is 15.6 Å². The standard InChI is InChI=1S/C18H25N5O/c1-13-7-10-22(12-13)8-4-9-23(18(19)20)17(24)16-11-14-5-2-3-6-15(14)21-16/h2-3,5-6,11,13,21H,4,7-10,12H2,1H3,(H3,19,20). The Hall–Kier alpha value is -2.34. The van der Waals surface area contributed by atoms with Gasteiger partial charge in [0.1, 0.15) is 5.69 Å². The van der Waals surface area contributed by atoms with E-state index in [4.69, 9.17) is 11.1 Å². The van der Waals surface area contributed by atoms with Crippen molar-refractivity contribution in [2.24, 2.45) is 11.7 Å².